The van der Waals surface area contributed by atoms with Crippen LogP contribution in [0, 0.1) is 17.8 Å². The number of likely N-dealkylation sites (tertiary alicyclic amines) is 1. The van der Waals surface area contributed by atoms with Crippen molar-refractivity contribution in [3.8, 4) is 11.8 Å². The number of H-pyrrole nitrogens is 1. The Morgan fingerprint density at radius 1 is 1.07 bits per heavy atom. The van der Waals surface area contributed by atoms with E-state index in [0.29, 0.717) is 6.54 Å². The molecular weight excluding hydrogens is 552 g/mol. The first-order valence-corrected chi connectivity index (χ1v) is 15.1. The molecule has 0 bridgehead atoms. The van der Waals surface area contributed by atoms with Gasteiger partial charge in [-0.1, -0.05) is 43.9 Å². The van der Waals surface area contributed by atoms with Gasteiger partial charge in [-0.15, -0.1) is 0 Å². The van der Waals surface area contributed by atoms with Gasteiger partial charge in [-0.25, -0.2) is 9.78 Å². The van der Waals surface area contributed by atoms with Gasteiger partial charge in [0.2, 0.25) is 5.91 Å². The summed E-state index contributed by atoms with van der Waals surface area (Å²) in [5.41, 5.74) is 6.65. The Balaban J connectivity index is 1.21. The number of aromatic nitrogens is 2. The van der Waals surface area contributed by atoms with E-state index in [1.165, 1.54) is 12.7 Å². The summed E-state index contributed by atoms with van der Waals surface area (Å²) in [5, 5.41) is 9.90. The zero-order valence-corrected chi connectivity index (χ0v) is 25.5. The van der Waals surface area contributed by atoms with Crippen LogP contribution in [0.4, 0.5) is 16.2 Å². The molecule has 6 rings (SSSR count). The van der Waals surface area contributed by atoms with Gasteiger partial charge in [0.25, 0.3) is 0 Å². The molecule has 1 unspecified atom stereocenters. The Morgan fingerprint density at radius 2 is 1.82 bits per heavy atom. The summed E-state index contributed by atoms with van der Waals surface area (Å²) in [7, 11) is 1.30. The predicted molar refractivity (Wildman–Crippen MR) is 172 cm³/mol. The highest BCUT2D eigenvalue weighted by atomic mass is 16.5. The molecule has 0 aliphatic carbocycles. The fourth-order valence-electron chi connectivity index (χ4n) is 6.15. The molecule has 0 radical (unpaired) electrons. The second kappa shape index (κ2) is 12.0. The number of amides is 2. The number of nitrogens with zero attached hydrogens (tertiary/aromatic N) is 2. The number of aromatic amines is 1. The van der Waals surface area contributed by atoms with Gasteiger partial charge in [0.05, 0.1) is 29.7 Å². The summed E-state index contributed by atoms with van der Waals surface area (Å²) < 4.78 is 4.75. The van der Waals surface area contributed by atoms with E-state index in [1.54, 1.807) is 0 Å². The smallest absolute Gasteiger partial charge is 0.407 e. The number of anilines is 2. The second-order valence-electron chi connectivity index (χ2n) is 12.1. The van der Waals surface area contributed by atoms with Crippen molar-refractivity contribution in [2.45, 2.75) is 51.2 Å². The standard InChI is InChI=1S/C35H38N6O3/c1-22(2)31(39-34(43)44-4)33(42)41-18-8-11-30(41)32-37-28-17-15-24(20-29(28)38-32)13-12-23-14-16-27-26(19-23)35(3,21-36-27)40-25-9-6-5-7-10-25/h5-7,9-10,14-17,19-20,22,30-31,36,40H,8,11,18,21H2,1-4H3,(H,37,38)(H,39,43)/t30-,31-,35?/m0/s1. The summed E-state index contributed by atoms with van der Waals surface area (Å²) in [6.45, 7) is 7.42. The molecule has 3 atom stereocenters. The molecule has 3 aromatic carbocycles. The van der Waals surface area contributed by atoms with E-state index in [1.807, 2.05) is 61.2 Å². The van der Waals surface area contributed by atoms with Gasteiger partial charge in [-0.05, 0) is 74.2 Å². The molecule has 44 heavy (non-hydrogen) atoms. The van der Waals surface area contributed by atoms with Crippen LogP contribution in [0.25, 0.3) is 11.0 Å². The molecule has 0 spiro atoms. The van der Waals surface area contributed by atoms with Crippen LogP contribution in [0.15, 0.2) is 66.7 Å². The molecule has 2 amide bonds. The van der Waals surface area contributed by atoms with Crippen LogP contribution < -0.4 is 16.0 Å². The van der Waals surface area contributed by atoms with E-state index in [9.17, 15) is 9.59 Å². The number of carbonyl (C=O) groups is 2. The minimum atomic E-state index is -0.670. The molecule has 9 heteroatoms. The maximum atomic E-state index is 13.5. The molecule has 226 valence electrons. The van der Waals surface area contributed by atoms with Gasteiger partial charge in [0.15, 0.2) is 0 Å². The third kappa shape index (κ3) is 5.80. The van der Waals surface area contributed by atoms with Crippen molar-refractivity contribution in [1.29, 1.82) is 0 Å². The van der Waals surface area contributed by atoms with Gasteiger partial charge in [-0.3, -0.25) is 4.79 Å². The van der Waals surface area contributed by atoms with Crippen LogP contribution in [-0.4, -0.2) is 53.1 Å². The number of fused-ring (bicyclic) bond motifs is 2. The summed E-state index contributed by atoms with van der Waals surface area (Å²) in [6, 6.07) is 21.6. The first kappa shape index (κ1) is 29.1. The Hall–Kier alpha value is -4.97. The summed E-state index contributed by atoms with van der Waals surface area (Å²) >= 11 is 0. The van der Waals surface area contributed by atoms with Crippen LogP contribution >= 0.6 is 0 Å². The largest absolute Gasteiger partial charge is 0.453 e. The molecule has 1 aromatic heterocycles. The fraction of sp³-hybridized carbons (Fsp3) is 0.343. The fourth-order valence-corrected chi connectivity index (χ4v) is 6.15. The third-order valence-corrected chi connectivity index (χ3v) is 8.53. The molecule has 4 N–H and O–H groups in total. The monoisotopic (exact) mass is 590 g/mol. The van der Waals surface area contributed by atoms with Crippen molar-refractivity contribution in [3.63, 3.8) is 0 Å². The molecule has 2 aliphatic heterocycles. The van der Waals surface area contributed by atoms with Crippen molar-refractivity contribution in [2.24, 2.45) is 5.92 Å². The number of nitrogens with one attached hydrogen (secondary N) is 4. The van der Waals surface area contributed by atoms with E-state index in [0.717, 1.165) is 58.7 Å². The number of alkyl carbamates (subject to hydrolysis) is 1. The van der Waals surface area contributed by atoms with Crippen molar-refractivity contribution in [2.75, 3.05) is 30.8 Å². The van der Waals surface area contributed by atoms with Gasteiger partial charge >= 0.3 is 6.09 Å². The van der Waals surface area contributed by atoms with Crippen molar-refractivity contribution >= 4 is 34.4 Å². The molecule has 1 fully saturated rings. The van der Waals surface area contributed by atoms with Gasteiger partial charge in [0.1, 0.15) is 11.9 Å². The van der Waals surface area contributed by atoms with Crippen molar-refractivity contribution in [1.82, 2.24) is 20.2 Å². The quantitative estimate of drug-likeness (QED) is 0.213. The van der Waals surface area contributed by atoms with Gasteiger partial charge in [-0.2, -0.15) is 0 Å². The van der Waals surface area contributed by atoms with E-state index >= 15 is 0 Å². The van der Waals surface area contributed by atoms with Crippen molar-refractivity contribution in [3.05, 3.63) is 89.2 Å². The second-order valence-corrected chi connectivity index (χ2v) is 12.1. The normalized spacial score (nSPS) is 19.6. The minimum Gasteiger partial charge on any atom is -0.453 e. The maximum absolute atomic E-state index is 13.5. The maximum Gasteiger partial charge on any atom is 0.407 e. The number of carbonyl (C=O) groups excluding carboxylic acids is 2. The number of methoxy groups -OCH3 is 1. The van der Waals surface area contributed by atoms with Crippen LogP contribution in [0.1, 0.15) is 62.2 Å². The topological polar surface area (TPSA) is 111 Å². The van der Waals surface area contributed by atoms with Crippen LogP contribution in [0.3, 0.4) is 0 Å². The lowest BCUT2D eigenvalue weighted by atomic mass is 9.92. The highest BCUT2D eigenvalue weighted by Crippen LogP contribution is 2.38. The predicted octanol–water partition coefficient (Wildman–Crippen LogP) is 5.76. The molecule has 9 nitrogen and oxygen atoms in total. The van der Waals surface area contributed by atoms with E-state index < -0.39 is 12.1 Å². The minimum absolute atomic E-state index is 0.0875. The van der Waals surface area contributed by atoms with E-state index in [2.05, 4.69) is 64.0 Å². The number of rotatable bonds is 6. The Morgan fingerprint density at radius 3 is 2.57 bits per heavy atom. The lowest BCUT2D eigenvalue weighted by Crippen LogP contribution is -2.51. The van der Waals surface area contributed by atoms with Crippen molar-refractivity contribution < 1.29 is 14.3 Å². The summed E-state index contributed by atoms with van der Waals surface area (Å²) in [5.74, 6) is 7.20. The molecule has 2 aliphatic rings. The Labute approximate surface area is 257 Å². The van der Waals surface area contributed by atoms with Gasteiger partial charge in [0, 0.05) is 41.2 Å². The molecule has 3 heterocycles. The average molecular weight is 591 g/mol. The van der Waals surface area contributed by atoms with Crippen LogP contribution in [-0.2, 0) is 15.1 Å². The number of ether oxygens (including phenoxy) is 1. The van der Waals surface area contributed by atoms with E-state index in [4.69, 9.17) is 9.72 Å². The lowest BCUT2D eigenvalue weighted by molar-refractivity contribution is -0.135. The number of hydrogen-bond donors (Lipinski definition) is 4. The van der Waals surface area contributed by atoms with Crippen LogP contribution in [0.2, 0.25) is 0 Å². The SMILES string of the molecule is COC(=O)N[C@H](C(=O)N1CCC[C@H]1c1nc2ccc(C#Cc3ccc4c(c3)C(C)(Nc3ccccc3)CN4)cc2[nH]1)C(C)C. The first-order valence-electron chi connectivity index (χ1n) is 15.1. The van der Waals surface area contributed by atoms with Gasteiger partial charge < -0.3 is 30.6 Å². The highest BCUT2D eigenvalue weighted by molar-refractivity contribution is 5.86. The average Bonchev–Trinajstić information content (AvgIpc) is 3.76. The first-order chi connectivity index (χ1) is 21.2. The summed E-state index contributed by atoms with van der Waals surface area (Å²) in [6.07, 6.45) is 1.05. The zero-order chi connectivity index (χ0) is 30.8. The van der Waals surface area contributed by atoms with Crippen LogP contribution in [0.5, 0.6) is 0 Å². The molecular formula is C35H38N6O3. The Bertz CT molecular complexity index is 1750. The third-order valence-electron chi connectivity index (χ3n) is 8.53. The summed E-state index contributed by atoms with van der Waals surface area (Å²) in [4.78, 5) is 35.5. The number of hydrogen-bond acceptors (Lipinski definition) is 6. The lowest BCUT2D eigenvalue weighted by Gasteiger charge is -2.29. The highest BCUT2D eigenvalue weighted by Gasteiger charge is 2.38. The number of para-hydroxylation sites is 1. The molecule has 0 saturated carbocycles. The zero-order valence-electron chi connectivity index (χ0n) is 25.5. The Kier molecular flexibility index (Phi) is 7.92. The molecule has 1 saturated heterocycles. The molecule has 4 aromatic rings. The van der Waals surface area contributed by atoms with E-state index in [-0.39, 0.29) is 23.4 Å². The number of benzene rings is 3. The number of imidazole rings is 1.